The number of halogens is 2. The number of aliphatic hydroxyl groups is 1. The highest BCUT2D eigenvalue weighted by Crippen LogP contribution is 2.09. The van der Waals surface area contributed by atoms with Crippen molar-refractivity contribution >= 4 is 36.2 Å². The van der Waals surface area contributed by atoms with Crippen LogP contribution in [0.3, 0.4) is 0 Å². The smallest absolute Gasteiger partial charge is 0.113 e. The number of nitrogens with one attached hydrogen (secondary N) is 2. The lowest BCUT2D eigenvalue weighted by Crippen LogP contribution is -2.49. The van der Waals surface area contributed by atoms with Crippen LogP contribution in [-0.2, 0) is 11.3 Å². The monoisotopic (exact) mass is 314 g/mol. The van der Waals surface area contributed by atoms with Crippen LogP contribution in [0, 0.1) is 0 Å². The largest absolute Gasteiger partial charge is 0.385 e. The molecule has 7 heteroatoms. The molecule has 1 aliphatic rings. The van der Waals surface area contributed by atoms with Gasteiger partial charge in [-0.15, -0.1) is 36.2 Å². The van der Waals surface area contributed by atoms with Crippen molar-refractivity contribution in [2.75, 3.05) is 32.8 Å². The standard InChI is InChI=1S/C11H18N2O2S.2ClH/c14-11(7-12-3-4-15-9-11)8-13-6-10-2-1-5-16-10;;/h1-2,5,12-14H,3-4,6-9H2;2*1H. The van der Waals surface area contributed by atoms with Crippen molar-refractivity contribution in [1.82, 2.24) is 10.6 Å². The molecule has 1 aromatic rings. The van der Waals surface area contributed by atoms with E-state index in [0.717, 1.165) is 13.1 Å². The highest BCUT2D eigenvalue weighted by atomic mass is 35.5. The van der Waals surface area contributed by atoms with E-state index in [-0.39, 0.29) is 24.8 Å². The van der Waals surface area contributed by atoms with Crippen molar-refractivity contribution in [1.29, 1.82) is 0 Å². The third kappa shape index (κ3) is 5.84. The predicted octanol–water partition coefficient (Wildman–Crippen LogP) is 1.03. The molecule has 2 heterocycles. The van der Waals surface area contributed by atoms with Crippen molar-refractivity contribution in [3.8, 4) is 0 Å². The highest BCUT2D eigenvalue weighted by molar-refractivity contribution is 7.09. The van der Waals surface area contributed by atoms with Crippen LogP contribution in [0.5, 0.6) is 0 Å². The Morgan fingerprint density at radius 3 is 3.06 bits per heavy atom. The van der Waals surface area contributed by atoms with Crippen LogP contribution in [0.15, 0.2) is 17.5 Å². The van der Waals surface area contributed by atoms with E-state index in [1.807, 2.05) is 6.07 Å². The predicted molar refractivity (Wildman–Crippen MR) is 79.2 cm³/mol. The molecule has 0 bridgehead atoms. The molecule has 1 unspecified atom stereocenters. The minimum Gasteiger partial charge on any atom is -0.385 e. The quantitative estimate of drug-likeness (QED) is 0.777. The van der Waals surface area contributed by atoms with Gasteiger partial charge in [0.1, 0.15) is 5.60 Å². The molecule has 106 valence electrons. The molecule has 3 N–H and O–H groups in total. The second kappa shape index (κ2) is 9.09. The van der Waals surface area contributed by atoms with E-state index in [1.54, 1.807) is 11.3 Å². The molecular formula is C11H20Cl2N2O2S. The van der Waals surface area contributed by atoms with E-state index >= 15 is 0 Å². The summed E-state index contributed by atoms with van der Waals surface area (Å²) in [5, 5.41) is 18.7. The van der Waals surface area contributed by atoms with Gasteiger partial charge in [-0.25, -0.2) is 0 Å². The van der Waals surface area contributed by atoms with Gasteiger partial charge in [0.25, 0.3) is 0 Å². The first-order chi connectivity index (χ1) is 7.79. The average Bonchev–Trinajstić information content (AvgIpc) is 2.68. The van der Waals surface area contributed by atoms with Crippen LogP contribution >= 0.6 is 36.2 Å². The zero-order valence-corrected chi connectivity index (χ0v) is 12.5. The Bertz CT molecular complexity index is 304. The van der Waals surface area contributed by atoms with Gasteiger partial charge in [0.05, 0.1) is 13.2 Å². The number of hydrogen-bond donors (Lipinski definition) is 3. The van der Waals surface area contributed by atoms with Gasteiger partial charge in [0.2, 0.25) is 0 Å². The van der Waals surface area contributed by atoms with Gasteiger partial charge in [0.15, 0.2) is 0 Å². The van der Waals surface area contributed by atoms with Crippen molar-refractivity contribution in [2.45, 2.75) is 12.1 Å². The van der Waals surface area contributed by atoms with Crippen LogP contribution in [-0.4, -0.2) is 43.6 Å². The molecular weight excluding hydrogens is 295 g/mol. The SMILES string of the molecule is Cl.Cl.OC1(CNCc2cccs2)CNCCOC1. The van der Waals surface area contributed by atoms with Crippen molar-refractivity contribution in [2.24, 2.45) is 0 Å². The van der Waals surface area contributed by atoms with Crippen LogP contribution in [0.4, 0.5) is 0 Å². The van der Waals surface area contributed by atoms with Gasteiger partial charge in [0, 0.05) is 31.1 Å². The maximum absolute atomic E-state index is 10.2. The van der Waals surface area contributed by atoms with Gasteiger partial charge in [-0.05, 0) is 11.4 Å². The number of rotatable bonds is 4. The minimum absolute atomic E-state index is 0. The fourth-order valence-electron chi connectivity index (χ4n) is 1.72. The minimum atomic E-state index is -0.784. The number of hydrogen-bond acceptors (Lipinski definition) is 5. The molecule has 1 aliphatic heterocycles. The van der Waals surface area contributed by atoms with Gasteiger partial charge in [-0.2, -0.15) is 0 Å². The molecule has 2 rings (SSSR count). The number of thiophene rings is 1. The van der Waals surface area contributed by atoms with E-state index in [1.165, 1.54) is 4.88 Å². The summed E-state index contributed by atoms with van der Waals surface area (Å²) in [5.74, 6) is 0. The average molecular weight is 315 g/mol. The summed E-state index contributed by atoms with van der Waals surface area (Å²) in [5.41, 5.74) is -0.784. The fourth-order valence-corrected chi connectivity index (χ4v) is 2.40. The topological polar surface area (TPSA) is 53.5 Å². The summed E-state index contributed by atoms with van der Waals surface area (Å²) >= 11 is 1.72. The second-order valence-electron chi connectivity index (χ2n) is 4.14. The van der Waals surface area contributed by atoms with Gasteiger partial charge in [-0.1, -0.05) is 6.07 Å². The molecule has 18 heavy (non-hydrogen) atoms. The number of β-amino-alcohol motifs (C(OH)–C–C–N with tert-alkyl or cyclic N) is 1. The molecule has 4 nitrogen and oxygen atoms in total. The van der Waals surface area contributed by atoms with Gasteiger partial charge >= 0.3 is 0 Å². The molecule has 1 saturated heterocycles. The highest BCUT2D eigenvalue weighted by Gasteiger charge is 2.28. The molecule has 0 amide bonds. The summed E-state index contributed by atoms with van der Waals surface area (Å²) in [7, 11) is 0. The Morgan fingerprint density at radius 2 is 2.33 bits per heavy atom. The zero-order valence-electron chi connectivity index (χ0n) is 10.1. The first-order valence-electron chi connectivity index (χ1n) is 5.52. The Hall–Kier alpha value is 0.120. The molecule has 1 fully saturated rings. The Balaban J connectivity index is 0.00000144. The molecule has 1 aromatic heterocycles. The van der Waals surface area contributed by atoms with Crippen molar-refractivity contribution in [3.63, 3.8) is 0 Å². The van der Waals surface area contributed by atoms with E-state index in [2.05, 4.69) is 22.1 Å². The lowest BCUT2D eigenvalue weighted by atomic mass is 10.1. The van der Waals surface area contributed by atoms with E-state index < -0.39 is 5.60 Å². The first kappa shape index (κ1) is 18.1. The third-order valence-electron chi connectivity index (χ3n) is 2.58. The summed E-state index contributed by atoms with van der Waals surface area (Å²) in [6.07, 6.45) is 0. The van der Waals surface area contributed by atoms with E-state index in [0.29, 0.717) is 26.3 Å². The van der Waals surface area contributed by atoms with Gasteiger partial charge in [-0.3, -0.25) is 0 Å². The maximum Gasteiger partial charge on any atom is 0.113 e. The number of ether oxygens (including phenoxy) is 1. The van der Waals surface area contributed by atoms with Gasteiger partial charge < -0.3 is 20.5 Å². The molecule has 0 spiro atoms. The van der Waals surface area contributed by atoms with Crippen LogP contribution in [0.25, 0.3) is 0 Å². The van der Waals surface area contributed by atoms with Crippen LogP contribution in [0.2, 0.25) is 0 Å². The van der Waals surface area contributed by atoms with Crippen molar-refractivity contribution in [3.05, 3.63) is 22.4 Å². The second-order valence-corrected chi connectivity index (χ2v) is 5.17. The first-order valence-corrected chi connectivity index (χ1v) is 6.40. The normalized spacial score (nSPS) is 23.6. The Morgan fingerprint density at radius 1 is 1.50 bits per heavy atom. The molecule has 0 aliphatic carbocycles. The molecule has 0 saturated carbocycles. The van der Waals surface area contributed by atoms with E-state index in [9.17, 15) is 5.11 Å². The zero-order chi connectivity index (χ0) is 11.3. The lowest BCUT2D eigenvalue weighted by Gasteiger charge is -2.26. The van der Waals surface area contributed by atoms with Crippen LogP contribution < -0.4 is 10.6 Å². The Kier molecular flexibility index (Phi) is 9.15. The summed E-state index contributed by atoms with van der Waals surface area (Å²) < 4.78 is 5.35. The third-order valence-corrected chi connectivity index (χ3v) is 3.46. The van der Waals surface area contributed by atoms with Crippen molar-refractivity contribution < 1.29 is 9.84 Å². The summed E-state index contributed by atoms with van der Waals surface area (Å²) in [6, 6.07) is 4.12. The molecule has 1 atom stereocenters. The Labute approximate surface area is 124 Å². The molecule has 0 radical (unpaired) electrons. The van der Waals surface area contributed by atoms with E-state index in [4.69, 9.17) is 4.74 Å². The molecule has 0 aromatic carbocycles. The van der Waals surface area contributed by atoms with Crippen LogP contribution in [0.1, 0.15) is 4.88 Å². The lowest BCUT2D eigenvalue weighted by molar-refractivity contribution is -0.0264. The summed E-state index contributed by atoms with van der Waals surface area (Å²) in [6.45, 7) is 3.83. The summed E-state index contributed by atoms with van der Waals surface area (Å²) in [4.78, 5) is 1.28. The fraction of sp³-hybridized carbons (Fsp3) is 0.636. The maximum atomic E-state index is 10.2.